The number of nitrogens with zero attached hydrogens (tertiary/aromatic N) is 2. The maximum atomic E-state index is 9.22. The highest BCUT2D eigenvalue weighted by molar-refractivity contribution is 5.48. The van der Waals surface area contributed by atoms with E-state index in [1.165, 1.54) is 33.4 Å². The van der Waals surface area contributed by atoms with E-state index in [1.54, 1.807) is 0 Å². The molecule has 6 heteroatoms. The summed E-state index contributed by atoms with van der Waals surface area (Å²) < 4.78 is 11.8. The molecule has 0 fully saturated rings. The molecule has 2 heterocycles. The third-order valence-electron chi connectivity index (χ3n) is 5.84. The fraction of sp³-hybridized carbons (Fsp3) is 0.478. The monoisotopic (exact) mass is 398 g/mol. The molecule has 156 valence electrons. The zero-order chi connectivity index (χ0) is 20.4. The van der Waals surface area contributed by atoms with E-state index in [0.29, 0.717) is 26.6 Å². The van der Waals surface area contributed by atoms with Crippen molar-refractivity contribution in [2.24, 2.45) is 0 Å². The van der Waals surface area contributed by atoms with Crippen molar-refractivity contribution in [3.8, 4) is 11.5 Å². The number of β-amino-alcohol motifs (C(OH)–C–C–N with tert-alkyl or cyclic N) is 2. The van der Waals surface area contributed by atoms with Crippen molar-refractivity contribution < 1.29 is 19.7 Å². The van der Waals surface area contributed by atoms with Gasteiger partial charge < -0.3 is 19.7 Å². The van der Waals surface area contributed by atoms with Gasteiger partial charge in [0.2, 0.25) is 0 Å². The molecule has 2 N–H and O–H groups in total. The average molecular weight is 399 g/mol. The number of fused-ring (bicyclic) bond motifs is 2. The Morgan fingerprint density at radius 1 is 0.759 bits per heavy atom. The third kappa shape index (κ3) is 4.41. The van der Waals surface area contributed by atoms with E-state index < -0.39 is 0 Å². The van der Waals surface area contributed by atoms with Crippen LogP contribution in [0.3, 0.4) is 0 Å². The number of benzene rings is 2. The van der Waals surface area contributed by atoms with E-state index in [-0.39, 0.29) is 13.2 Å². The second-order valence-electron chi connectivity index (χ2n) is 8.05. The van der Waals surface area contributed by atoms with Crippen LogP contribution in [0, 0.1) is 13.8 Å². The lowest BCUT2D eigenvalue weighted by Gasteiger charge is -2.30. The van der Waals surface area contributed by atoms with Crippen LogP contribution >= 0.6 is 0 Å². The molecule has 0 radical (unpaired) electrons. The summed E-state index contributed by atoms with van der Waals surface area (Å²) >= 11 is 0. The van der Waals surface area contributed by atoms with Crippen LogP contribution in [-0.4, -0.2) is 59.8 Å². The van der Waals surface area contributed by atoms with Crippen molar-refractivity contribution in [1.29, 1.82) is 0 Å². The number of hydrogen-bond donors (Lipinski definition) is 2. The summed E-state index contributed by atoms with van der Waals surface area (Å²) in [6.45, 7) is 8.46. The zero-order valence-electron chi connectivity index (χ0n) is 17.3. The number of ether oxygens (including phenoxy) is 2. The first kappa shape index (κ1) is 20.2. The lowest BCUT2D eigenvalue weighted by atomic mass is 9.93. The SMILES string of the molecule is Cc1cc2c(cc1Cc1cc3c(cc1C)OCN(CCO)C3)CN(CCO)CO2. The van der Waals surface area contributed by atoms with E-state index in [4.69, 9.17) is 9.47 Å². The molecule has 2 aromatic rings. The Hall–Kier alpha value is -2.12. The number of hydrogen-bond acceptors (Lipinski definition) is 6. The van der Waals surface area contributed by atoms with Crippen LogP contribution in [-0.2, 0) is 19.5 Å². The van der Waals surface area contributed by atoms with Crippen molar-refractivity contribution in [1.82, 2.24) is 9.80 Å². The van der Waals surface area contributed by atoms with E-state index >= 15 is 0 Å². The van der Waals surface area contributed by atoms with Gasteiger partial charge in [0.1, 0.15) is 25.0 Å². The van der Waals surface area contributed by atoms with Gasteiger partial charge >= 0.3 is 0 Å². The van der Waals surface area contributed by atoms with Crippen LogP contribution in [0.15, 0.2) is 24.3 Å². The Morgan fingerprint density at radius 2 is 1.21 bits per heavy atom. The molecule has 2 aliphatic rings. The van der Waals surface area contributed by atoms with Gasteiger partial charge in [0.15, 0.2) is 0 Å². The van der Waals surface area contributed by atoms with Gasteiger partial charge in [-0.3, -0.25) is 9.80 Å². The van der Waals surface area contributed by atoms with Crippen molar-refractivity contribution in [2.45, 2.75) is 33.4 Å². The van der Waals surface area contributed by atoms with Crippen LogP contribution in [0.2, 0.25) is 0 Å². The molecule has 29 heavy (non-hydrogen) atoms. The normalized spacial score (nSPS) is 16.7. The molecule has 0 aliphatic carbocycles. The quantitative estimate of drug-likeness (QED) is 0.778. The summed E-state index contributed by atoms with van der Waals surface area (Å²) in [5, 5.41) is 18.4. The van der Waals surface area contributed by atoms with E-state index in [2.05, 4.69) is 47.9 Å². The first-order valence-corrected chi connectivity index (χ1v) is 10.2. The number of aryl methyl sites for hydroxylation is 2. The van der Waals surface area contributed by atoms with Crippen molar-refractivity contribution in [3.05, 3.63) is 57.6 Å². The van der Waals surface area contributed by atoms with Gasteiger partial charge in [0.05, 0.1) is 13.2 Å². The minimum atomic E-state index is 0.140. The molecule has 0 unspecified atom stereocenters. The van der Waals surface area contributed by atoms with Crippen molar-refractivity contribution >= 4 is 0 Å². The molecule has 2 aromatic carbocycles. The van der Waals surface area contributed by atoms with E-state index in [9.17, 15) is 10.2 Å². The Morgan fingerprint density at radius 3 is 1.62 bits per heavy atom. The smallest absolute Gasteiger partial charge is 0.142 e. The maximum absolute atomic E-state index is 9.22. The van der Waals surface area contributed by atoms with Gasteiger partial charge in [-0.05, 0) is 54.7 Å². The summed E-state index contributed by atoms with van der Waals surface area (Å²) in [6.07, 6.45) is 0.859. The van der Waals surface area contributed by atoms with Crippen LogP contribution in [0.5, 0.6) is 11.5 Å². The van der Waals surface area contributed by atoms with Crippen LogP contribution in [0.1, 0.15) is 33.4 Å². The molecule has 6 nitrogen and oxygen atoms in total. The zero-order valence-corrected chi connectivity index (χ0v) is 17.3. The minimum Gasteiger partial charge on any atom is -0.478 e. The highest BCUT2D eigenvalue weighted by atomic mass is 16.5. The molecule has 0 bridgehead atoms. The van der Waals surface area contributed by atoms with Gasteiger partial charge in [0, 0.05) is 37.3 Å². The highest BCUT2D eigenvalue weighted by Gasteiger charge is 2.21. The minimum absolute atomic E-state index is 0.140. The average Bonchev–Trinajstić information content (AvgIpc) is 2.70. The predicted octanol–water partition coefficient (Wildman–Crippen LogP) is 2.18. The fourth-order valence-electron chi connectivity index (χ4n) is 4.12. The lowest BCUT2D eigenvalue weighted by Crippen LogP contribution is -2.34. The van der Waals surface area contributed by atoms with Gasteiger partial charge in [0.25, 0.3) is 0 Å². The first-order valence-electron chi connectivity index (χ1n) is 10.2. The number of aliphatic hydroxyl groups excluding tert-OH is 2. The van der Waals surface area contributed by atoms with Crippen LogP contribution in [0.4, 0.5) is 0 Å². The third-order valence-corrected chi connectivity index (χ3v) is 5.84. The van der Waals surface area contributed by atoms with Crippen molar-refractivity contribution in [2.75, 3.05) is 39.8 Å². The fourth-order valence-corrected chi connectivity index (χ4v) is 4.12. The predicted molar refractivity (Wildman–Crippen MR) is 111 cm³/mol. The second-order valence-corrected chi connectivity index (χ2v) is 8.05. The van der Waals surface area contributed by atoms with Crippen LogP contribution in [0.25, 0.3) is 0 Å². The molecule has 0 spiro atoms. The topological polar surface area (TPSA) is 65.4 Å². The number of aliphatic hydroxyl groups is 2. The van der Waals surface area contributed by atoms with Gasteiger partial charge in [-0.2, -0.15) is 0 Å². The largest absolute Gasteiger partial charge is 0.478 e. The number of rotatable bonds is 6. The Labute approximate surface area is 172 Å². The van der Waals surface area contributed by atoms with Crippen LogP contribution < -0.4 is 9.47 Å². The Balaban J connectivity index is 1.58. The molecular formula is C23H30N2O4. The summed E-state index contributed by atoms with van der Waals surface area (Å²) in [5.74, 6) is 1.91. The maximum Gasteiger partial charge on any atom is 0.142 e. The first-order chi connectivity index (χ1) is 14.1. The van der Waals surface area contributed by atoms with E-state index in [0.717, 1.165) is 31.0 Å². The second kappa shape index (κ2) is 8.71. The Kier molecular flexibility index (Phi) is 6.06. The Bertz CT molecular complexity index is 812. The molecule has 0 atom stereocenters. The molecule has 0 saturated heterocycles. The molecule has 2 aliphatic heterocycles. The molecule has 0 saturated carbocycles. The van der Waals surface area contributed by atoms with Crippen molar-refractivity contribution in [3.63, 3.8) is 0 Å². The molecule has 0 amide bonds. The lowest BCUT2D eigenvalue weighted by molar-refractivity contribution is 0.0769. The molecule has 0 aromatic heterocycles. The van der Waals surface area contributed by atoms with E-state index in [1.807, 2.05) is 0 Å². The highest BCUT2D eigenvalue weighted by Crippen LogP contribution is 2.32. The molecular weight excluding hydrogens is 368 g/mol. The molecule has 4 rings (SSSR count). The summed E-state index contributed by atoms with van der Waals surface area (Å²) in [4.78, 5) is 4.22. The van der Waals surface area contributed by atoms with Gasteiger partial charge in [-0.15, -0.1) is 0 Å². The van der Waals surface area contributed by atoms with Gasteiger partial charge in [-0.25, -0.2) is 0 Å². The summed E-state index contributed by atoms with van der Waals surface area (Å²) in [6, 6.07) is 8.78. The standard InChI is InChI=1S/C23H30N2O4/c1-16-7-22-20(12-24(3-5-26)14-28-22)10-18(16)9-19-11-21-13-25(4-6-27)15-29-23(21)8-17(19)2/h7-8,10-11,26-27H,3-6,9,12-15H2,1-2H3. The van der Waals surface area contributed by atoms with Gasteiger partial charge in [-0.1, -0.05) is 12.1 Å². The summed E-state index contributed by atoms with van der Waals surface area (Å²) in [7, 11) is 0. The summed E-state index contributed by atoms with van der Waals surface area (Å²) in [5.41, 5.74) is 7.41.